The van der Waals surface area contributed by atoms with Crippen molar-refractivity contribution in [2.75, 3.05) is 32.8 Å². The van der Waals surface area contributed by atoms with Gasteiger partial charge in [0.05, 0.1) is 30.0 Å². The molecule has 172 valence electrons. The number of nitrogens with one attached hydrogen (secondary N) is 1. The van der Waals surface area contributed by atoms with E-state index in [1.54, 1.807) is 0 Å². The minimum Gasteiger partial charge on any atom is -0.379 e. The number of hydrogen-bond donors (Lipinski definition) is 1. The summed E-state index contributed by atoms with van der Waals surface area (Å²) in [7, 11) is 2.06. The van der Waals surface area contributed by atoms with Crippen molar-refractivity contribution in [3.05, 3.63) is 76.7 Å². The van der Waals surface area contributed by atoms with E-state index in [-0.39, 0.29) is 5.91 Å². The number of fused-ring (bicyclic) bond motifs is 5. The van der Waals surface area contributed by atoms with Gasteiger partial charge in [0.1, 0.15) is 0 Å². The molecule has 0 atom stereocenters. The molecule has 1 fully saturated rings. The van der Waals surface area contributed by atoms with Gasteiger partial charge in [0.15, 0.2) is 0 Å². The summed E-state index contributed by atoms with van der Waals surface area (Å²) in [6.07, 6.45) is 6.94. The fourth-order valence-corrected chi connectivity index (χ4v) is 5.19. The molecule has 1 N–H and O–H groups in total. The van der Waals surface area contributed by atoms with Gasteiger partial charge in [-0.3, -0.25) is 14.7 Å². The van der Waals surface area contributed by atoms with Crippen LogP contribution >= 0.6 is 0 Å². The largest absolute Gasteiger partial charge is 0.379 e. The summed E-state index contributed by atoms with van der Waals surface area (Å²) in [6.45, 7) is 5.30. The Balaban J connectivity index is 1.29. The Kier molecular flexibility index (Phi) is 5.40. The second-order valence-electron chi connectivity index (χ2n) is 9.14. The topological polar surface area (TPSA) is 59.4 Å². The van der Waals surface area contributed by atoms with Crippen LogP contribution in [-0.4, -0.2) is 53.2 Å². The van der Waals surface area contributed by atoms with E-state index in [0.29, 0.717) is 6.54 Å². The molecule has 1 saturated heterocycles. The number of carbonyl (C=O) groups is 1. The Labute approximate surface area is 198 Å². The molecule has 6 heteroatoms. The Morgan fingerprint density at radius 3 is 2.71 bits per heavy atom. The first-order valence-electron chi connectivity index (χ1n) is 11.9. The van der Waals surface area contributed by atoms with Crippen molar-refractivity contribution >= 4 is 39.7 Å². The van der Waals surface area contributed by atoms with Gasteiger partial charge in [-0.15, -0.1) is 0 Å². The van der Waals surface area contributed by atoms with Gasteiger partial charge in [-0.25, -0.2) is 0 Å². The standard InChI is InChI=1S/C28H28N4O2/c1-31-25-10-11-29-28(33)26(25)23-9-7-21-17-30-22(16-24(21)27(23)31)8-6-19-2-4-20(5-3-19)18-32-12-14-34-15-13-32/h2-9,16-17H,10-15,18H2,1H3,(H,29,33)/b8-6+. The molecule has 4 aromatic rings. The average molecular weight is 453 g/mol. The fourth-order valence-electron chi connectivity index (χ4n) is 5.19. The van der Waals surface area contributed by atoms with Crippen LogP contribution in [0.5, 0.6) is 0 Å². The maximum absolute atomic E-state index is 12.6. The van der Waals surface area contributed by atoms with Crippen molar-refractivity contribution in [3.63, 3.8) is 0 Å². The molecule has 2 aliphatic rings. The van der Waals surface area contributed by atoms with Crippen molar-refractivity contribution in [3.8, 4) is 0 Å². The minimum absolute atomic E-state index is 0.0254. The molecule has 0 radical (unpaired) electrons. The molecule has 4 heterocycles. The third-order valence-electron chi connectivity index (χ3n) is 7.00. The van der Waals surface area contributed by atoms with E-state index >= 15 is 0 Å². The van der Waals surface area contributed by atoms with E-state index in [1.807, 2.05) is 6.20 Å². The first-order chi connectivity index (χ1) is 16.7. The lowest BCUT2D eigenvalue weighted by atomic mass is 10.0. The van der Waals surface area contributed by atoms with Crippen LogP contribution in [-0.2, 0) is 24.8 Å². The van der Waals surface area contributed by atoms with Gasteiger partial charge in [0.2, 0.25) is 0 Å². The normalized spacial score (nSPS) is 16.9. The molecule has 34 heavy (non-hydrogen) atoms. The van der Waals surface area contributed by atoms with Crippen molar-refractivity contribution in [1.82, 2.24) is 19.8 Å². The molecular formula is C28H28N4O2. The Morgan fingerprint density at radius 2 is 1.88 bits per heavy atom. The zero-order valence-corrected chi connectivity index (χ0v) is 19.4. The number of aryl methyl sites for hydroxylation is 1. The van der Waals surface area contributed by atoms with E-state index in [4.69, 9.17) is 4.74 Å². The number of rotatable bonds is 4. The van der Waals surface area contributed by atoms with Gasteiger partial charge >= 0.3 is 0 Å². The molecule has 1 amide bonds. The van der Waals surface area contributed by atoms with Crippen LogP contribution in [0.4, 0.5) is 0 Å². The molecule has 0 spiro atoms. The van der Waals surface area contributed by atoms with Crippen LogP contribution in [0.25, 0.3) is 33.8 Å². The van der Waals surface area contributed by atoms with E-state index in [2.05, 4.69) is 81.4 Å². The molecule has 0 unspecified atom stereocenters. The van der Waals surface area contributed by atoms with Crippen LogP contribution in [0.15, 0.2) is 48.7 Å². The number of ether oxygens (including phenoxy) is 1. The van der Waals surface area contributed by atoms with Crippen molar-refractivity contribution in [2.24, 2.45) is 7.05 Å². The van der Waals surface area contributed by atoms with Crippen LogP contribution in [0.2, 0.25) is 0 Å². The molecule has 0 bridgehead atoms. The SMILES string of the molecule is Cn1c2c(c3ccc4cnc(/C=C/c5ccc(CN6CCOCC6)cc5)cc4c31)C(=O)NCC2. The number of hydrogen-bond acceptors (Lipinski definition) is 4. The van der Waals surface area contributed by atoms with Crippen LogP contribution in [0, 0.1) is 0 Å². The smallest absolute Gasteiger partial charge is 0.253 e. The number of pyridine rings is 1. The summed E-state index contributed by atoms with van der Waals surface area (Å²) in [5, 5.41) is 6.20. The molecule has 6 nitrogen and oxygen atoms in total. The van der Waals surface area contributed by atoms with E-state index in [9.17, 15) is 4.79 Å². The highest BCUT2D eigenvalue weighted by Crippen LogP contribution is 2.33. The Morgan fingerprint density at radius 1 is 1.06 bits per heavy atom. The monoisotopic (exact) mass is 452 g/mol. The number of amides is 1. The molecule has 0 saturated carbocycles. The Hall–Kier alpha value is -3.48. The van der Waals surface area contributed by atoms with Crippen LogP contribution in [0.1, 0.15) is 32.9 Å². The lowest BCUT2D eigenvalue weighted by molar-refractivity contribution is 0.0342. The predicted molar refractivity (Wildman–Crippen MR) is 136 cm³/mol. The van der Waals surface area contributed by atoms with Gasteiger partial charge in [0.25, 0.3) is 5.91 Å². The summed E-state index contributed by atoms with van der Waals surface area (Å²) in [4.78, 5) is 19.6. The van der Waals surface area contributed by atoms with Crippen molar-refractivity contribution in [1.29, 1.82) is 0 Å². The van der Waals surface area contributed by atoms with E-state index < -0.39 is 0 Å². The maximum Gasteiger partial charge on any atom is 0.253 e. The first kappa shape index (κ1) is 21.1. The minimum atomic E-state index is 0.0254. The number of morpholine rings is 1. The second kappa shape index (κ2) is 8.70. The molecule has 2 aliphatic heterocycles. The molecule has 2 aromatic heterocycles. The number of nitrogens with zero attached hydrogens (tertiary/aromatic N) is 3. The summed E-state index contributed by atoms with van der Waals surface area (Å²) >= 11 is 0. The summed E-state index contributed by atoms with van der Waals surface area (Å²) in [5.74, 6) is 0.0254. The van der Waals surface area contributed by atoms with Gasteiger partial charge in [-0.1, -0.05) is 42.5 Å². The third kappa shape index (κ3) is 3.79. The quantitative estimate of drug-likeness (QED) is 0.508. The summed E-state index contributed by atoms with van der Waals surface area (Å²) in [5.41, 5.74) is 6.40. The molecule has 6 rings (SSSR count). The lowest BCUT2D eigenvalue weighted by Crippen LogP contribution is -2.35. The van der Waals surface area contributed by atoms with Crippen molar-refractivity contribution < 1.29 is 9.53 Å². The van der Waals surface area contributed by atoms with E-state index in [0.717, 1.165) is 83.5 Å². The third-order valence-corrected chi connectivity index (χ3v) is 7.00. The van der Waals surface area contributed by atoms with Gasteiger partial charge in [0, 0.05) is 67.7 Å². The van der Waals surface area contributed by atoms with Gasteiger partial charge in [-0.05, 0) is 23.3 Å². The zero-order valence-electron chi connectivity index (χ0n) is 19.4. The maximum atomic E-state index is 12.6. The molecular weight excluding hydrogens is 424 g/mol. The first-order valence-corrected chi connectivity index (χ1v) is 11.9. The molecule has 2 aromatic carbocycles. The van der Waals surface area contributed by atoms with Crippen LogP contribution in [0.3, 0.4) is 0 Å². The number of benzene rings is 2. The highest BCUT2D eigenvalue weighted by molar-refractivity contribution is 6.16. The molecule has 0 aliphatic carbocycles. The predicted octanol–water partition coefficient (Wildman–Crippen LogP) is 4.02. The summed E-state index contributed by atoms with van der Waals surface area (Å²) < 4.78 is 7.62. The second-order valence-corrected chi connectivity index (χ2v) is 9.14. The number of aromatic nitrogens is 2. The van der Waals surface area contributed by atoms with E-state index in [1.165, 1.54) is 5.56 Å². The fraction of sp³-hybridized carbons (Fsp3) is 0.286. The lowest BCUT2D eigenvalue weighted by Gasteiger charge is -2.26. The number of carbonyl (C=O) groups excluding carboxylic acids is 1. The highest BCUT2D eigenvalue weighted by atomic mass is 16.5. The Bertz CT molecular complexity index is 1410. The van der Waals surface area contributed by atoms with Gasteiger partial charge < -0.3 is 14.6 Å². The average Bonchev–Trinajstić information content (AvgIpc) is 3.17. The van der Waals surface area contributed by atoms with Crippen LogP contribution < -0.4 is 5.32 Å². The van der Waals surface area contributed by atoms with Gasteiger partial charge in [-0.2, -0.15) is 0 Å². The summed E-state index contributed by atoms with van der Waals surface area (Å²) in [6, 6.07) is 15.0. The van der Waals surface area contributed by atoms with Crippen molar-refractivity contribution in [2.45, 2.75) is 13.0 Å². The highest BCUT2D eigenvalue weighted by Gasteiger charge is 2.25. The zero-order chi connectivity index (χ0) is 23.1.